The van der Waals surface area contributed by atoms with Crippen LogP contribution in [0.3, 0.4) is 0 Å². The van der Waals surface area contributed by atoms with Crippen molar-refractivity contribution < 1.29 is 13.9 Å². The van der Waals surface area contributed by atoms with Crippen molar-refractivity contribution in [1.82, 2.24) is 9.97 Å². The molecule has 0 spiro atoms. The van der Waals surface area contributed by atoms with Crippen molar-refractivity contribution in [1.29, 1.82) is 0 Å². The molecule has 0 saturated heterocycles. The van der Waals surface area contributed by atoms with Gasteiger partial charge in [0.15, 0.2) is 0 Å². The number of benzene rings is 1. The smallest absolute Gasteiger partial charge is 0.150 e. The van der Waals surface area contributed by atoms with E-state index in [2.05, 4.69) is 9.97 Å². The van der Waals surface area contributed by atoms with E-state index in [1.165, 1.54) is 25.4 Å². The molecule has 0 radical (unpaired) electrons. The second-order valence-corrected chi connectivity index (χ2v) is 3.61. The number of aliphatic hydroxyl groups is 1. The van der Waals surface area contributed by atoms with E-state index >= 15 is 0 Å². The number of nitrogens with one attached hydrogen (secondary N) is 1. The number of aromatic amines is 1. The predicted molar refractivity (Wildman–Crippen MR) is 53.6 cm³/mol. The first-order valence-corrected chi connectivity index (χ1v) is 4.70. The first kappa shape index (κ1) is 10.8. The van der Waals surface area contributed by atoms with Gasteiger partial charge in [0.2, 0.25) is 0 Å². The number of rotatable bonds is 2. The van der Waals surface area contributed by atoms with Gasteiger partial charge in [0.25, 0.3) is 0 Å². The van der Waals surface area contributed by atoms with Crippen LogP contribution in [0.4, 0.5) is 8.78 Å². The number of halogens is 2. The molecular weight excluding hydrogens is 214 g/mol. The molecule has 2 rings (SSSR count). The van der Waals surface area contributed by atoms with Gasteiger partial charge in [-0.15, -0.1) is 0 Å². The highest BCUT2D eigenvalue weighted by atomic mass is 19.1. The van der Waals surface area contributed by atoms with Gasteiger partial charge in [0.05, 0.1) is 5.56 Å². The van der Waals surface area contributed by atoms with Crippen molar-refractivity contribution in [2.24, 2.45) is 0 Å². The molecule has 5 heteroatoms. The van der Waals surface area contributed by atoms with E-state index in [9.17, 15) is 13.9 Å². The third-order valence-corrected chi connectivity index (χ3v) is 2.41. The second-order valence-electron chi connectivity index (χ2n) is 3.61. The molecule has 0 aliphatic carbocycles. The maximum atomic E-state index is 13.5. The fraction of sp³-hybridized carbons (Fsp3) is 0.182. The Hall–Kier alpha value is -1.75. The lowest BCUT2D eigenvalue weighted by Crippen LogP contribution is -2.27. The maximum Gasteiger partial charge on any atom is 0.150 e. The van der Waals surface area contributed by atoms with Gasteiger partial charge in [-0.2, -0.15) is 0 Å². The summed E-state index contributed by atoms with van der Waals surface area (Å²) in [6, 6.07) is 3.43. The van der Waals surface area contributed by atoms with Crippen molar-refractivity contribution in [3.8, 4) is 0 Å². The number of nitrogens with zero attached hydrogens (tertiary/aromatic N) is 1. The second kappa shape index (κ2) is 3.68. The molecule has 0 saturated carbocycles. The lowest BCUT2D eigenvalue weighted by Gasteiger charge is -2.22. The third-order valence-electron chi connectivity index (χ3n) is 2.41. The largest absolute Gasteiger partial charge is 0.377 e. The highest BCUT2D eigenvalue weighted by Crippen LogP contribution is 2.30. The van der Waals surface area contributed by atoms with E-state index in [0.29, 0.717) is 0 Å². The molecule has 1 aromatic heterocycles. The Bertz CT molecular complexity index is 474. The van der Waals surface area contributed by atoms with Crippen molar-refractivity contribution in [3.63, 3.8) is 0 Å². The Morgan fingerprint density at radius 3 is 2.44 bits per heavy atom. The minimum absolute atomic E-state index is 0.0940. The molecule has 2 aromatic rings. The molecular formula is C11H10F2N2O. The molecule has 1 aromatic carbocycles. The Labute approximate surface area is 90.8 Å². The number of imidazole rings is 1. The molecule has 0 aliphatic heterocycles. The van der Waals surface area contributed by atoms with Crippen LogP contribution < -0.4 is 0 Å². The van der Waals surface area contributed by atoms with Gasteiger partial charge in [0.1, 0.15) is 23.1 Å². The summed E-state index contributed by atoms with van der Waals surface area (Å²) in [6.45, 7) is 1.29. The van der Waals surface area contributed by atoms with Crippen LogP contribution in [0.2, 0.25) is 0 Å². The molecule has 0 bridgehead atoms. The first-order chi connectivity index (χ1) is 7.53. The number of H-pyrrole nitrogens is 1. The highest BCUT2D eigenvalue weighted by Gasteiger charge is 2.34. The average molecular weight is 224 g/mol. The minimum Gasteiger partial charge on any atom is -0.377 e. The lowest BCUT2D eigenvalue weighted by atomic mass is 9.94. The first-order valence-electron chi connectivity index (χ1n) is 4.70. The zero-order valence-corrected chi connectivity index (χ0v) is 8.54. The van der Waals surface area contributed by atoms with E-state index in [1.54, 1.807) is 0 Å². The van der Waals surface area contributed by atoms with Crippen LogP contribution in [0.5, 0.6) is 0 Å². The van der Waals surface area contributed by atoms with E-state index in [-0.39, 0.29) is 5.82 Å². The quantitative estimate of drug-likeness (QED) is 0.819. The number of hydrogen-bond acceptors (Lipinski definition) is 2. The zero-order chi connectivity index (χ0) is 11.8. The summed E-state index contributed by atoms with van der Waals surface area (Å²) in [4.78, 5) is 6.44. The van der Waals surface area contributed by atoms with Crippen LogP contribution in [0, 0.1) is 11.6 Å². The summed E-state index contributed by atoms with van der Waals surface area (Å²) >= 11 is 0. The van der Waals surface area contributed by atoms with E-state index < -0.39 is 22.8 Å². The van der Waals surface area contributed by atoms with Crippen LogP contribution in [0.1, 0.15) is 18.3 Å². The minimum atomic E-state index is -1.82. The molecule has 1 atom stereocenters. The molecule has 0 fully saturated rings. The Morgan fingerprint density at radius 1 is 1.31 bits per heavy atom. The summed E-state index contributed by atoms with van der Waals surface area (Å²) in [5.74, 6) is -1.51. The lowest BCUT2D eigenvalue weighted by molar-refractivity contribution is 0.0846. The van der Waals surface area contributed by atoms with Crippen LogP contribution >= 0.6 is 0 Å². The van der Waals surface area contributed by atoms with Crippen molar-refractivity contribution >= 4 is 0 Å². The summed E-state index contributed by atoms with van der Waals surface area (Å²) < 4.78 is 27.0. The van der Waals surface area contributed by atoms with Crippen molar-refractivity contribution in [3.05, 3.63) is 53.6 Å². The van der Waals surface area contributed by atoms with Crippen LogP contribution in [0.15, 0.2) is 30.6 Å². The molecule has 3 nitrogen and oxygen atoms in total. The van der Waals surface area contributed by atoms with Gasteiger partial charge >= 0.3 is 0 Å². The standard InChI is InChI=1S/C11H10F2N2O/c1-11(16,10-14-5-6-15-10)9-7(12)3-2-4-8(9)13/h2-6,16H,1H3,(H,14,15). The Balaban J connectivity index is 2.60. The normalized spacial score (nSPS) is 14.8. The monoisotopic (exact) mass is 224 g/mol. The average Bonchev–Trinajstić information content (AvgIpc) is 2.69. The van der Waals surface area contributed by atoms with Crippen molar-refractivity contribution in [2.75, 3.05) is 0 Å². The molecule has 1 heterocycles. The Morgan fingerprint density at radius 2 is 1.94 bits per heavy atom. The maximum absolute atomic E-state index is 13.5. The molecule has 0 aliphatic rings. The summed E-state index contributed by atoms with van der Waals surface area (Å²) in [7, 11) is 0. The fourth-order valence-corrected chi connectivity index (χ4v) is 1.61. The molecule has 2 N–H and O–H groups in total. The van der Waals surface area contributed by atoms with E-state index in [4.69, 9.17) is 0 Å². The van der Waals surface area contributed by atoms with Gasteiger partial charge in [-0.1, -0.05) is 6.07 Å². The third kappa shape index (κ3) is 1.59. The molecule has 16 heavy (non-hydrogen) atoms. The molecule has 1 unspecified atom stereocenters. The molecule has 0 amide bonds. The molecule has 84 valence electrons. The number of aromatic nitrogens is 2. The topological polar surface area (TPSA) is 48.9 Å². The summed E-state index contributed by atoms with van der Waals surface area (Å²) in [5.41, 5.74) is -2.23. The Kier molecular flexibility index (Phi) is 2.47. The number of hydrogen-bond donors (Lipinski definition) is 2. The summed E-state index contributed by atoms with van der Waals surface area (Å²) in [6.07, 6.45) is 2.88. The zero-order valence-electron chi connectivity index (χ0n) is 8.54. The van der Waals surface area contributed by atoms with E-state index in [1.807, 2.05) is 0 Å². The fourth-order valence-electron chi connectivity index (χ4n) is 1.61. The van der Waals surface area contributed by atoms with Crippen LogP contribution in [-0.2, 0) is 5.60 Å². The van der Waals surface area contributed by atoms with Gasteiger partial charge < -0.3 is 10.1 Å². The van der Waals surface area contributed by atoms with Crippen molar-refractivity contribution in [2.45, 2.75) is 12.5 Å². The summed E-state index contributed by atoms with van der Waals surface area (Å²) in [5, 5.41) is 10.1. The van der Waals surface area contributed by atoms with E-state index in [0.717, 1.165) is 12.1 Å². The van der Waals surface area contributed by atoms with Gasteiger partial charge in [-0.25, -0.2) is 13.8 Å². The van der Waals surface area contributed by atoms with Gasteiger partial charge in [-0.3, -0.25) is 0 Å². The predicted octanol–water partition coefficient (Wildman–Crippen LogP) is 1.94. The van der Waals surface area contributed by atoms with Crippen LogP contribution in [0.25, 0.3) is 0 Å². The highest BCUT2D eigenvalue weighted by molar-refractivity contribution is 5.31. The SMILES string of the molecule is CC(O)(c1ncc[nH]1)c1c(F)cccc1F. The van der Waals surface area contributed by atoms with Crippen LogP contribution in [-0.4, -0.2) is 15.1 Å². The van der Waals surface area contributed by atoms with Gasteiger partial charge in [0, 0.05) is 12.4 Å². The van der Waals surface area contributed by atoms with Gasteiger partial charge in [-0.05, 0) is 19.1 Å².